The molecule has 1 aromatic rings. The molecule has 0 bridgehead atoms. The van der Waals surface area contributed by atoms with E-state index < -0.39 is 10.3 Å². The quantitative estimate of drug-likeness (QED) is 0.460. The first-order valence-corrected chi connectivity index (χ1v) is 4.89. The molecule has 0 saturated heterocycles. The molecule has 0 heterocycles. The topological polar surface area (TPSA) is 76.2 Å². The zero-order valence-electron chi connectivity index (χ0n) is 8.51. The average Bonchev–Trinajstić information content (AvgIpc) is 2.27. The molecule has 0 aliphatic rings. The molecule has 0 amide bonds. The van der Waals surface area contributed by atoms with Crippen LogP contribution in [0.25, 0.3) is 0 Å². The van der Waals surface area contributed by atoms with Crippen LogP contribution in [0.2, 0.25) is 0 Å². The van der Waals surface area contributed by atoms with Crippen molar-refractivity contribution in [2.75, 3.05) is 6.61 Å². The molecule has 0 fully saturated rings. The molecule has 0 aliphatic carbocycles. The van der Waals surface area contributed by atoms with Crippen molar-refractivity contribution in [2.24, 2.45) is 0 Å². The van der Waals surface area contributed by atoms with Crippen molar-refractivity contribution < 1.29 is 9.66 Å². The summed E-state index contributed by atoms with van der Waals surface area (Å²) in [5, 5.41) is 18.2. The summed E-state index contributed by atoms with van der Waals surface area (Å²) in [6.07, 6.45) is 0. The van der Waals surface area contributed by atoms with Crippen LogP contribution >= 0.6 is 11.6 Å². The molecular formula is C10H9ClN2O3. The summed E-state index contributed by atoms with van der Waals surface area (Å²) in [4.78, 5) is 10.0. The lowest BCUT2D eigenvalue weighted by molar-refractivity contribution is -0.384. The molecule has 0 aromatic heterocycles. The molecule has 1 atom stereocenters. The van der Waals surface area contributed by atoms with E-state index in [0.717, 1.165) is 5.56 Å². The van der Waals surface area contributed by atoms with E-state index in [4.69, 9.17) is 21.6 Å². The predicted molar refractivity (Wildman–Crippen MR) is 58.6 cm³/mol. The number of nitrogens with zero attached hydrogens (tertiary/aromatic N) is 2. The van der Waals surface area contributed by atoms with E-state index in [9.17, 15) is 10.1 Å². The van der Waals surface area contributed by atoms with Gasteiger partial charge < -0.3 is 4.74 Å². The van der Waals surface area contributed by atoms with Crippen LogP contribution in [-0.2, 0) is 0 Å². The molecule has 6 heteroatoms. The number of benzene rings is 1. The smallest absolute Gasteiger partial charge is 0.273 e. The van der Waals surface area contributed by atoms with Gasteiger partial charge in [0.1, 0.15) is 12.4 Å². The third-order valence-corrected chi connectivity index (χ3v) is 2.13. The normalized spacial score (nSPS) is 11.6. The fourth-order valence-corrected chi connectivity index (χ4v) is 1.12. The third-order valence-electron chi connectivity index (χ3n) is 1.91. The largest absolute Gasteiger partial charge is 0.490 e. The van der Waals surface area contributed by atoms with E-state index in [0.29, 0.717) is 5.75 Å². The molecular weight excluding hydrogens is 232 g/mol. The number of halogens is 1. The Morgan fingerprint density at radius 1 is 1.69 bits per heavy atom. The first kappa shape index (κ1) is 12.3. The average molecular weight is 241 g/mol. The fourth-order valence-electron chi connectivity index (χ4n) is 1.06. The number of ether oxygens (including phenoxy) is 1. The molecule has 84 valence electrons. The van der Waals surface area contributed by atoms with E-state index >= 15 is 0 Å². The number of rotatable bonds is 4. The molecule has 1 aromatic carbocycles. The highest BCUT2D eigenvalue weighted by molar-refractivity contribution is 6.22. The number of nitriles is 1. The first-order valence-electron chi connectivity index (χ1n) is 4.46. The lowest BCUT2D eigenvalue weighted by Gasteiger charge is -2.08. The second-order valence-corrected chi connectivity index (χ2v) is 3.64. The van der Waals surface area contributed by atoms with Gasteiger partial charge in [-0.3, -0.25) is 10.1 Å². The Morgan fingerprint density at radius 3 is 2.94 bits per heavy atom. The van der Waals surface area contributed by atoms with Crippen LogP contribution in [0.4, 0.5) is 5.69 Å². The van der Waals surface area contributed by atoms with Crippen LogP contribution < -0.4 is 4.74 Å². The van der Waals surface area contributed by atoms with Crippen molar-refractivity contribution in [2.45, 2.75) is 12.3 Å². The number of alkyl halides is 1. The maximum absolute atomic E-state index is 10.5. The number of aryl methyl sites for hydroxylation is 1. The van der Waals surface area contributed by atoms with E-state index in [1.54, 1.807) is 19.1 Å². The van der Waals surface area contributed by atoms with Crippen LogP contribution in [0.5, 0.6) is 5.75 Å². The van der Waals surface area contributed by atoms with Crippen LogP contribution in [0, 0.1) is 28.4 Å². The van der Waals surface area contributed by atoms with Crippen molar-refractivity contribution in [1.29, 1.82) is 5.26 Å². The highest BCUT2D eigenvalue weighted by Crippen LogP contribution is 2.24. The van der Waals surface area contributed by atoms with E-state index in [-0.39, 0.29) is 12.3 Å². The summed E-state index contributed by atoms with van der Waals surface area (Å²) in [6.45, 7) is 1.76. The second kappa shape index (κ2) is 5.33. The standard InChI is InChI=1S/C10H9ClN2O3/c1-7-2-3-9(13(14)15)4-10(7)16-6-8(11)5-12/h2-4,8H,6H2,1H3. The van der Waals surface area contributed by atoms with Gasteiger partial charge in [-0.25, -0.2) is 0 Å². The van der Waals surface area contributed by atoms with Gasteiger partial charge in [-0.1, -0.05) is 0 Å². The second-order valence-electron chi connectivity index (χ2n) is 3.11. The van der Waals surface area contributed by atoms with Gasteiger partial charge in [0.05, 0.1) is 17.1 Å². The van der Waals surface area contributed by atoms with Gasteiger partial charge in [-0.2, -0.15) is 5.26 Å². The summed E-state index contributed by atoms with van der Waals surface area (Å²) < 4.78 is 5.22. The zero-order chi connectivity index (χ0) is 12.1. The number of hydrogen-bond donors (Lipinski definition) is 0. The molecule has 1 rings (SSSR count). The Bertz CT molecular complexity index is 442. The van der Waals surface area contributed by atoms with Gasteiger partial charge in [0, 0.05) is 6.07 Å². The minimum Gasteiger partial charge on any atom is -0.490 e. The summed E-state index contributed by atoms with van der Waals surface area (Å²) in [7, 11) is 0. The Balaban J connectivity index is 2.83. The summed E-state index contributed by atoms with van der Waals surface area (Å²) in [5.74, 6) is 0.370. The molecule has 5 nitrogen and oxygen atoms in total. The van der Waals surface area contributed by atoms with Crippen molar-refractivity contribution in [3.05, 3.63) is 33.9 Å². The Kier molecular flexibility index (Phi) is 4.09. The van der Waals surface area contributed by atoms with Gasteiger partial charge in [0.2, 0.25) is 0 Å². The molecule has 0 aliphatic heterocycles. The number of nitro benzene ring substituents is 1. The SMILES string of the molecule is Cc1ccc([N+](=O)[O-])cc1OCC(Cl)C#N. The summed E-state index contributed by atoms with van der Waals surface area (Å²) in [5.41, 5.74) is 0.705. The lowest BCUT2D eigenvalue weighted by atomic mass is 10.2. The van der Waals surface area contributed by atoms with Crippen molar-refractivity contribution in [1.82, 2.24) is 0 Å². The van der Waals surface area contributed by atoms with Crippen LogP contribution in [0.1, 0.15) is 5.56 Å². The molecule has 0 spiro atoms. The summed E-state index contributed by atoms with van der Waals surface area (Å²) >= 11 is 5.55. The third kappa shape index (κ3) is 3.11. The Labute approximate surface area is 97.4 Å². The van der Waals surface area contributed by atoms with Gasteiger partial charge in [-0.05, 0) is 18.6 Å². The van der Waals surface area contributed by atoms with E-state index in [2.05, 4.69) is 0 Å². The first-order chi connectivity index (χ1) is 7.54. The van der Waals surface area contributed by atoms with Gasteiger partial charge in [0.25, 0.3) is 5.69 Å². The van der Waals surface area contributed by atoms with E-state index in [1.807, 2.05) is 0 Å². The molecule has 1 unspecified atom stereocenters. The fraction of sp³-hybridized carbons (Fsp3) is 0.300. The molecule has 0 saturated carbocycles. The monoisotopic (exact) mass is 240 g/mol. The van der Waals surface area contributed by atoms with Crippen molar-refractivity contribution in [3.8, 4) is 11.8 Å². The maximum Gasteiger partial charge on any atom is 0.273 e. The predicted octanol–water partition coefficient (Wildman–Crippen LogP) is 2.41. The highest BCUT2D eigenvalue weighted by Gasteiger charge is 2.11. The minimum atomic E-state index is -0.765. The van der Waals surface area contributed by atoms with Gasteiger partial charge >= 0.3 is 0 Å². The van der Waals surface area contributed by atoms with Gasteiger partial charge in [-0.15, -0.1) is 11.6 Å². The van der Waals surface area contributed by atoms with Crippen molar-refractivity contribution >= 4 is 17.3 Å². The number of nitro groups is 1. The van der Waals surface area contributed by atoms with Crippen LogP contribution in [0.3, 0.4) is 0 Å². The number of hydrogen-bond acceptors (Lipinski definition) is 4. The maximum atomic E-state index is 10.5. The lowest BCUT2D eigenvalue weighted by Crippen LogP contribution is -2.09. The van der Waals surface area contributed by atoms with Gasteiger partial charge in [0.15, 0.2) is 5.38 Å². The van der Waals surface area contributed by atoms with Crippen LogP contribution in [0.15, 0.2) is 18.2 Å². The van der Waals surface area contributed by atoms with E-state index in [1.165, 1.54) is 12.1 Å². The Morgan fingerprint density at radius 2 is 2.38 bits per heavy atom. The van der Waals surface area contributed by atoms with Crippen LogP contribution in [-0.4, -0.2) is 16.9 Å². The zero-order valence-corrected chi connectivity index (χ0v) is 9.27. The molecule has 0 N–H and O–H groups in total. The summed E-state index contributed by atoms with van der Waals surface area (Å²) in [6, 6.07) is 6.09. The molecule has 16 heavy (non-hydrogen) atoms. The Hall–Kier alpha value is -1.80. The minimum absolute atomic E-state index is 0.0000627. The molecule has 0 radical (unpaired) electrons. The number of non-ortho nitro benzene ring substituents is 1. The highest BCUT2D eigenvalue weighted by atomic mass is 35.5. The van der Waals surface area contributed by atoms with Crippen molar-refractivity contribution in [3.63, 3.8) is 0 Å².